The third-order valence-electron chi connectivity index (χ3n) is 3.76. The van der Waals surface area contributed by atoms with Crippen molar-refractivity contribution in [3.8, 4) is 0 Å². The quantitative estimate of drug-likeness (QED) is 0.678. The highest BCUT2D eigenvalue weighted by Crippen LogP contribution is 2.36. The summed E-state index contributed by atoms with van der Waals surface area (Å²) in [5.41, 5.74) is -0.201. The third kappa shape index (κ3) is 2.73. The van der Waals surface area contributed by atoms with Crippen LogP contribution >= 0.6 is 0 Å². The highest BCUT2D eigenvalue weighted by Gasteiger charge is 2.40. The Balaban J connectivity index is 2.58. The lowest BCUT2D eigenvalue weighted by molar-refractivity contribution is -0.386. The topological polar surface area (TPSA) is 92.6 Å². The summed E-state index contributed by atoms with van der Waals surface area (Å²) >= 11 is 0. The van der Waals surface area contributed by atoms with Crippen LogP contribution in [0, 0.1) is 16.0 Å². The molecular formula is C13H19N3O4S. The van der Waals surface area contributed by atoms with Gasteiger partial charge >= 0.3 is 5.69 Å². The van der Waals surface area contributed by atoms with E-state index in [0.717, 1.165) is 6.42 Å². The zero-order valence-electron chi connectivity index (χ0n) is 12.2. The van der Waals surface area contributed by atoms with Crippen molar-refractivity contribution in [2.24, 2.45) is 5.92 Å². The van der Waals surface area contributed by atoms with Crippen LogP contribution in [-0.4, -0.2) is 37.3 Å². The normalized spacial score (nSPS) is 23.2. The molecular weight excluding hydrogens is 294 g/mol. The molecule has 116 valence electrons. The van der Waals surface area contributed by atoms with Crippen molar-refractivity contribution < 1.29 is 13.3 Å². The predicted octanol–water partition coefficient (Wildman–Crippen LogP) is 2.06. The average Bonchev–Trinajstić information content (AvgIpc) is 2.77. The minimum atomic E-state index is -3.88. The maximum atomic E-state index is 12.8. The molecule has 1 aromatic rings. The van der Waals surface area contributed by atoms with Crippen LogP contribution in [0.25, 0.3) is 0 Å². The van der Waals surface area contributed by atoms with Gasteiger partial charge in [0.05, 0.1) is 4.92 Å². The highest BCUT2D eigenvalue weighted by atomic mass is 32.2. The Bertz CT molecular complexity index is 659. The van der Waals surface area contributed by atoms with Crippen molar-refractivity contribution in [1.82, 2.24) is 4.31 Å². The summed E-state index contributed by atoms with van der Waals surface area (Å²) in [5.74, 6) is 0.251. The van der Waals surface area contributed by atoms with Crippen LogP contribution in [0.4, 0.5) is 11.4 Å². The second-order valence-electron chi connectivity index (χ2n) is 5.42. The van der Waals surface area contributed by atoms with Crippen molar-refractivity contribution >= 4 is 21.4 Å². The fourth-order valence-electron chi connectivity index (χ4n) is 2.84. The van der Waals surface area contributed by atoms with Gasteiger partial charge in [-0.25, -0.2) is 8.42 Å². The molecule has 21 heavy (non-hydrogen) atoms. The van der Waals surface area contributed by atoms with Crippen LogP contribution < -0.4 is 5.32 Å². The first-order valence-corrected chi connectivity index (χ1v) is 8.20. The number of nitro groups is 1. The molecule has 8 heteroatoms. The minimum absolute atomic E-state index is 0.150. The molecule has 0 bridgehead atoms. The Kier molecular flexibility index (Phi) is 4.20. The lowest BCUT2D eigenvalue weighted by Crippen LogP contribution is -2.34. The molecule has 0 aromatic heterocycles. The highest BCUT2D eigenvalue weighted by molar-refractivity contribution is 7.89. The van der Waals surface area contributed by atoms with E-state index in [4.69, 9.17) is 0 Å². The number of sulfonamides is 1. The van der Waals surface area contributed by atoms with Gasteiger partial charge in [-0.1, -0.05) is 13.0 Å². The molecule has 2 atom stereocenters. The molecule has 1 aliphatic rings. The summed E-state index contributed by atoms with van der Waals surface area (Å²) in [6.45, 7) is 4.20. The van der Waals surface area contributed by atoms with Crippen LogP contribution in [-0.2, 0) is 10.0 Å². The molecule has 2 unspecified atom stereocenters. The number of anilines is 1. The van der Waals surface area contributed by atoms with E-state index >= 15 is 0 Å². The maximum Gasteiger partial charge on any atom is 0.312 e. The van der Waals surface area contributed by atoms with Crippen LogP contribution in [0.2, 0.25) is 0 Å². The molecule has 0 spiro atoms. The van der Waals surface area contributed by atoms with Gasteiger partial charge in [0.2, 0.25) is 10.0 Å². The Morgan fingerprint density at radius 1 is 1.38 bits per heavy atom. The number of hydrogen-bond donors (Lipinski definition) is 1. The molecule has 1 N–H and O–H groups in total. The second kappa shape index (κ2) is 5.61. The SMILES string of the molecule is CNc1cccc(S(=O)(=O)N2CC(C)CC2C)c1[N+](=O)[O-]. The van der Waals surface area contributed by atoms with Crippen LogP contribution in [0.1, 0.15) is 20.3 Å². The van der Waals surface area contributed by atoms with E-state index in [-0.39, 0.29) is 22.5 Å². The lowest BCUT2D eigenvalue weighted by Gasteiger charge is -2.21. The van der Waals surface area contributed by atoms with Gasteiger partial charge in [0, 0.05) is 19.6 Å². The Morgan fingerprint density at radius 3 is 2.52 bits per heavy atom. The van der Waals surface area contributed by atoms with Gasteiger partial charge in [-0.2, -0.15) is 4.31 Å². The van der Waals surface area contributed by atoms with E-state index in [1.165, 1.54) is 29.6 Å². The van der Waals surface area contributed by atoms with Gasteiger partial charge in [-0.15, -0.1) is 0 Å². The Labute approximate surface area is 124 Å². The molecule has 0 radical (unpaired) electrons. The minimum Gasteiger partial charge on any atom is -0.383 e. The Morgan fingerprint density at radius 2 is 2.05 bits per heavy atom. The third-order valence-corrected chi connectivity index (χ3v) is 5.78. The van der Waals surface area contributed by atoms with Crippen molar-refractivity contribution in [3.63, 3.8) is 0 Å². The molecule has 1 aromatic carbocycles. The van der Waals surface area contributed by atoms with E-state index in [2.05, 4.69) is 5.32 Å². The second-order valence-corrected chi connectivity index (χ2v) is 7.28. The summed E-state index contributed by atoms with van der Waals surface area (Å²) in [7, 11) is -2.35. The van der Waals surface area contributed by atoms with Gasteiger partial charge in [0.15, 0.2) is 4.90 Å². The van der Waals surface area contributed by atoms with Crippen LogP contribution in [0.15, 0.2) is 23.1 Å². The van der Waals surface area contributed by atoms with Gasteiger partial charge in [-0.3, -0.25) is 10.1 Å². The summed E-state index contributed by atoms with van der Waals surface area (Å²) in [5, 5.41) is 14.0. The van der Waals surface area contributed by atoms with Crippen molar-refractivity contribution in [2.75, 3.05) is 18.9 Å². The van der Waals surface area contributed by atoms with E-state index in [9.17, 15) is 18.5 Å². The monoisotopic (exact) mass is 313 g/mol. The lowest BCUT2D eigenvalue weighted by atomic mass is 10.1. The van der Waals surface area contributed by atoms with Crippen LogP contribution in [0.5, 0.6) is 0 Å². The number of rotatable bonds is 4. The molecule has 1 heterocycles. The van der Waals surface area contributed by atoms with Gasteiger partial charge in [0.1, 0.15) is 5.69 Å². The summed E-state index contributed by atoms with van der Waals surface area (Å²) in [4.78, 5) is 10.4. The fraction of sp³-hybridized carbons (Fsp3) is 0.538. The number of para-hydroxylation sites is 1. The standard InChI is InChI=1S/C13H19N3O4S/c1-9-7-10(2)15(8-9)21(19,20)12-6-4-5-11(14-3)13(12)16(17)18/h4-6,9-10,14H,7-8H2,1-3H3. The molecule has 0 aliphatic carbocycles. The molecule has 0 saturated carbocycles. The number of nitro benzene ring substituents is 1. The first-order chi connectivity index (χ1) is 9.78. The fourth-order valence-corrected chi connectivity index (χ4v) is 4.79. The summed E-state index contributed by atoms with van der Waals surface area (Å²) < 4.78 is 26.9. The van der Waals surface area contributed by atoms with Crippen LogP contribution in [0.3, 0.4) is 0 Å². The van der Waals surface area contributed by atoms with E-state index in [0.29, 0.717) is 6.54 Å². The predicted molar refractivity (Wildman–Crippen MR) is 79.8 cm³/mol. The van der Waals surface area contributed by atoms with E-state index < -0.39 is 20.6 Å². The molecule has 1 fully saturated rings. The largest absolute Gasteiger partial charge is 0.383 e. The number of nitrogens with zero attached hydrogens (tertiary/aromatic N) is 2. The molecule has 2 rings (SSSR count). The van der Waals surface area contributed by atoms with Crippen molar-refractivity contribution in [2.45, 2.75) is 31.2 Å². The summed E-state index contributed by atoms with van der Waals surface area (Å²) in [6, 6.07) is 4.15. The zero-order valence-corrected chi connectivity index (χ0v) is 13.1. The maximum absolute atomic E-state index is 12.8. The van der Waals surface area contributed by atoms with Crippen molar-refractivity contribution in [3.05, 3.63) is 28.3 Å². The number of benzene rings is 1. The van der Waals surface area contributed by atoms with E-state index in [1.807, 2.05) is 13.8 Å². The summed E-state index contributed by atoms with van der Waals surface area (Å²) in [6.07, 6.45) is 0.763. The zero-order chi connectivity index (χ0) is 15.8. The molecule has 1 aliphatic heterocycles. The average molecular weight is 313 g/mol. The van der Waals surface area contributed by atoms with Gasteiger partial charge in [0.25, 0.3) is 0 Å². The van der Waals surface area contributed by atoms with Gasteiger partial charge < -0.3 is 5.32 Å². The number of nitrogens with one attached hydrogen (secondary N) is 1. The molecule has 0 amide bonds. The van der Waals surface area contributed by atoms with E-state index in [1.54, 1.807) is 0 Å². The number of hydrogen-bond acceptors (Lipinski definition) is 5. The smallest absolute Gasteiger partial charge is 0.312 e. The first kappa shape index (κ1) is 15.7. The first-order valence-electron chi connectivity index (χ1n) is 6.76. The Hall–Kier alpha value is -1.67. The van der Waals surface area contributed by atoms with Crippen molar-refractivity contribution in [1.29, 1.82) is 0 Å². The molecule has 1 saturated heterocycles. The molecule has 7 nitrogen and oxygen atoms in total. The van der Waals surface area contributed by atoms with Gasteiger partial charge in [-0.05, 0) is 31.4 Å².